The second-order valence-corrected chi connectivity index (χ2v) is 7.10. The minimum atomic E-state index is -0.696. The minimum Gasteiger partial charge on any atom is -0.496 e. The maximum atomic E-state index is 12.8. The standard InChI is InChI=1S/C22H23N5O4/c1-3-17-20(14-5-7-19(23)24-9-14)21(26-12-25-17)13-4-6-16(18(8-13)30-2)22(29)27-10-15(28)11-31-27/h4-9,12,15,28H,3,10-11H2,1-2H3,(H2,23,24). The third kappa shape index (κ3) is 4.05. The van der Waals surface area contributed by atoms with Crippen molar-refractivity contribution in [2.75, 3.05) is 26.0 Å². The van der Waals surface area contributed by atoms with Crippen LogP contribution in [0.4, 0.5) is 5.82 Å². The van der Waals surface area contributed by atoms with Crippen LogP contribution >= 0.6 is 0 Å². The van der Waals surface area contributed by atoms with Crippen molar-refractivity contribution in [1.29, 1.82) is 0 Å². The van der Waals surface area contributed by atoms with Gasteiger partial charge in [-0.05, 0) is 30.7 Å². The summed E-state index contributed by atoms with van der Waals surface area (Å²) in [5, 5.41) is 10.8. The molecule has 1 saturated heterocycles. The van der Waals surface area contributed by atoms with Crippen molar-refractivity contribution in [3.63, 3.8) is 0 Å². The smallest absolute Gasteiger partial charge is 0.281 e. The van der Waals surface area contributed by atoms with E-state index < -0.39 is 6.10 Å². The van der Waals surface area contributed by atoms with Crippen molar-refractivity contribution in [2.24, 2.45) is 0 Å². The normalized spacial score (nSPS) is 15.8. The fourth-order valence-corrected chi connectivity index (χ4v) is 3.53. The Labute approximate surface area is 179 Å². The monoisotopic (exact) mass is 421 g/mol. The van der Waals surface area contributed by atoms with E-state index in [4.69, 9.17) is 15.3 Å². The number of β-amino-alcohol motifs (C(OH)–C–C–N with tert-alkyl or cyclic N) is 1. The highest BCUT2D eigenvalue weighted by Gasteiger charge is 2.29. The maximum Gasteiger partial charge on any atom is 0.281 e. The molecule has 1 aromatic carbocycles. The summed E-state index contributed by atoms with van der Waals surface area (Å²) in [5.41, 5.74) is 10.1. The lowest BCUT2D eigenvalue weighted by Crippen LogP contribution is -2.28. The number of methoxy groups -OCH3 is 1. The third-order valence-electron chi connectivity index (χ3n) is 5.07. The summed E-state index contributed by atoms with van der Waals surface area (Å²) < 4.78 is 5.50. The molecule has 1 aliphatic rings. The molecule has 2 aromatic heterocycles. The van der Waals surface area contributed by atoms with Gasteiger partial charge >= 0.3 is 0 Å². The number of carbonyl (C=O) groups is 1. The van der Waals surface area contributed by atoms with Gasteiger partial charge in [-0.2, -0.15) is 0 Å². The second kappa shape index (κ2) is 8.66. The second-order valence-electron chi connectivity index (χ2n) is 7.10. The van der Waals surface area contributed by atoms with E-state index in [9.17, 15) is 9.90 Å². The van der Waals surface area contributed by atoms with Gasteiger partial charge < -0.3 is 15.6 Å². The summed E-state index contributed by atoms with van der Waals surface area (Å²) >= 11 is 0. The average Bonchev–Trinajstić information content (AvgIpc) is 3.24. The number of anilines is 1. The molecule has 4 rings (SSSR count). The number of aliphatic hydroxyl groups excluding tert-OH is 1. The predicted molar refractivity (Wildman–Crippen MR) is 114 cm³/mol. The Morgan fingerprint density at radius 1 is 1.26 bits per heavy atom. The highest BCUT2D eigenvalue weighted by molar-refractivity contribution is 5.97. The molecule has 3 aromatic rings. The first kappa shape index (κ1) is 20.7. The quantitative estimate of drug-likeness (QED) is 0.642. The van der Waals surface area contributed by atoms with Gasteiger partial charge in [-0.25, -0.2) is 20.0 Å². The van der Waals surface area contributed by atoms with Crippen LogP contribution in [0.3, 0.4) is 0 Å². The van der Waals surface area contributed by atoms with E-state index in [1.54, 1.807) is 30.5 Å². The fourth-order valence-electron chi connectivity index (χ4n) is 3.53. The highest BCUT2D eigenvalue weighted by atomic mass is 16.7. The average molecular weight is 421 g/mol. The number of hydroxylamine groups is 2. The lowest BCUT2D eigenvalue weighted by atomic mass is 9.96. The Morgan fingerprint density at radius 2 is 2.06 bits per heavy atom. The molecule has 1 fully saturated rings. The number of nitrogens with two attached hydrogens (primary N) is 1. The number of rotatable bonds is 5. The first-order valence-electron chi connectivity index (χ1n) is 9.88. The largest absolute Gasteiger partial charge is 0.496 e. The van der Waals surface area contributed by atoms with Gasteiger partial charge in [0.2, 0.25) is 0 Å². The van der Waals surface area contributed by atoms with Crippen LogP contribution in [-0.2, 0) is 11.3 Å². The van der Waals surface area contributed by atoms with Crippen LogP contribution in [-0.4, -0.2) is 57.4 Å². The highest BCUT2D eigenvalue weighted by Crippen LogP contribution is 2.35. The SMILES string of the molecule is CCc1ncnc(-c2ccc(C(=O)N3CC(O)CO3)c(OC)c2)c1-c1ccc(N)nc1. The number of pyridine rings is 1. The Morgan fingerprint density at radius 3 is 2.71 bits per heavy atom. The molecule has 3 N–H and O–H groups in total. The summed E-state index contributed by atoms with van der Waals surface area (Å²) in [5.74, 6) is 0.435. The van der Waals surface area contributed by atoms with Gasteiger partial charge in [0.05, 0.1) is 30.6 Å². The van der Waals surface area contributed by atoms with Gasteiger partial charge in [0.1, 0.15) is 30.6 Å². The number of nitrogens with zero attached hydrogens (tertiary/aromatic N) is 4. The number of aryl methyl sites for hydroxylation is 1. The van der Waals surface area contributed by atoms with E-state index in [1.165, 1.54) is 13.4 Å². The van der Waals surface area contributed by atoms with Crippen molar-refractivity contribution < 1.29 is 19.5 Å². The zero-order valence-electron chi connectivity index (χ0n) is 17.3. The molecule has 9 heteroatoms. The molecule has 1 unspecified atom stereocenters. The molecule has 0 bridgehead atoms. The van der Waals surface area contributed by atoms with Crippen LogP contribution in [0.25, 0.3) is 22.4 Å². The number of amides is 1. The van der Waals surface area contributed by atoms with Gasteiger partial charge in [-0.15, -0.1) is 0 Å². The van der Waals surface area contributed by atoms with Crippen LogP contribution in [0.1, 0.15) is 23.0 Å². The van der Waals surface area contributed by atoms with E-state index >= 15 is 0 Å². The molecule has 160 valence electrons. The molecule has 31 heavy (non-hydrogen) atoms. The van der Waals surface area contributed by atoms with Gasteiger partial charge in [0, 0.05) is 22.9 Å². The fraction of sp³-hybridized carbons (Fsp3) is 0.273. The number of ether oxygens (including phenoxy) is 1. The molecule has 0 saturated carbocycles. The van der Waals surface area contributed by atoms with Crippen LogP contribution in [0.2, 0.25) is 0 Å². The van der Waals surface area contributed by atoms with Crippen LogP contribution in [0.15, 0.2) is 42.9 Å². The lowest BCUT2D eigenvalue weighted by Gasteiger charge is -2.17. The van der Waals surface area contributed by atoms with Gasteiger partial charge in [-0.3, -0.25) is 9.63 Å². The Kier molecular flexibility index (Phi) is 5.79. The zero-order valence-corrected chi connectivity index (χ0v) is 17.3. The van der Waals surface area contributed by atoms with Crippen molar-refractivity contribution in [1.82, 2.24) is 20.0 Å². The maximum absolute atomic E-state index is 12.8. The molecule has 9 nitrogen and oxygen atoms in total. The number of aliphatic hydroxyl groups is 1. The first-order chi connectivity index (χ1) is 15.0. The summed E-state index contributed by atoms with van der Waals surface area (Å²) in [6, 6.07) is 8.85. The molecule has 0 radical (unpaired) electrons. The predicted octanol–water partition coefficient (Wildman–Crippen LogP) is 2.11. The van der Waals surface area contributed by atoms with E-state index in [1.807, 2.05) is 13.0 Å². The number of hydrogen-bond acceptors (Lipinski definition) is 8. The summed E-state index contributed by atoms with van der Waals surface area (Å²) in [4.78, 5) is 31.2. The third-order valence-corrected chi connectivity index (χ3v) is 5.07. The van der Waals surface area contributed by atoms with Gasteiger partial charge in [0.15, 0.2) is 0 Å². The Hall–Kier alpha value is -3.56. The molecular formula is C22H23N5O4. The zero-order chi connectivity index (χ0) is 22.0. The molecule has 0 aliphatic carbocycles. The number of nitrogen functional groups attached to an aromatic ring is 1. The van der Waals surface area contributed by atoms with E-state index in [2.05, 4.69) is 15.0 Å². The molecule has 0 spiro atoms. The first-order valence-corrected chi connectivity index (χ1v) is 9.88. The lowest BCUT2D eigenvalue weighted by molar-refractivity contribution is -0.0781. The Bertz CT molecular complexity index is 1100. The molecule has 1 atom stereocenters. The van der Waals surface area contributed by atoms with Crippen LogP contribution in [0, 0.1) is 0 Å². The molecule has 3 heterocycles. The Balaban J connectivity index is 1.78. The van der Waals surface area contributed by atoms with E-state index in [-0.39, 0.29) is 19.1 Å². The number of aromatic nitrogens is 3. The van der Waals surface area contributed by atoms with Crippen molar-refractivity contribution in [3.05, 3.63) is 54.1 Å². The van der Waals surface area contributed by atoms with Gasteiger partial charge in [-0.1, -0.05) is 13.0 Å². The van der Waals surface area contributed by atoms with Crippen molar-refractivity contribution in [2.45, 2.75) is 19.4 Å². The summed E-state index contributed by atoms with van der Waals surface area (Å²) in [7, 11) is 1.50. The van der Waals surface area contributed by atoms with E-state index in [0.29, 0.717) is 29.2 Å². The van der Waals surface area contributed by atoms with Crippen molar-refractivity contribution in [3.8, 4) is 28.1 Å². The summed E-state index contributed by atoms with van der Waals surface area (Å²) in [6.07, 6.45) is 3.23. The number of benzene rings is 1. The molecular weight excluding hydrogens is 398 g/mol. The number of carbonyl (C=O) groups excluding carboxylic acids is 1. The molecule has 1 aliphatic heterocycles. The van der Waals surface area contributed by atoms with E-state index in [0.717, 1.165) is 27.4 Å². The summed E-state index contributed by atoms with van der Waals surface area (Å²) in [6.45, 7) is 2.23. The van der Waals surface area contributed by atoms with Gasteiger partial charge in [0.25, 0.3) is 5.91 Å². The van der Waals surface area contributed by atoms with Crippen LogP contribution < -0.4 is 10.5 Å². The van der Waals surface area contributed by atoms with Crippen molar-refractivity contribution >= 4 is 11.7 Å². The molecule has 1 amide bonds. The van der Waals surface area contributed by atoms with Crippen LogP contribution in [0.5, 0.6) is 5.75 Å². The minimum absolute atomic E-state index is 0.0891. The number of hydrogen-bond donors (Lipinski definition) is 2. The topological polar surface area (TPSA) is 124 Å².